The number of para-hydroxylation sites is 1. The number of carbonyl (C=O) groups excluding carboxylic acids is 2. The number of ether oxygens (including phenoxy) is 3. The fraction of sp³-hybridized carbons (Fsp3) is 0.194. The van der Waals surface area contributed by atoms with Crippen LogP contribution in [0.25, 0.3) is 0 Å². The van der Waals surface area contributed by atoms with E-state index in [0.717, 1.165) is 10.0 Å². The van der Waals surface area contributed by atoms with E-state index in [4.69, 9.17) is 31.7 Å². The summed E-state index contributed by atoms with van der Waals surface area (Å²) in [6.45, 7) is 3.61. The number of nitrogens with zero attached hydrogens (tertiary/aromatic N) is 2. The predicted octanol–water partition coefficient (Wildman–Crippen LogP) is 5.55. The lowest BCUT2D eigenvalue weighted by molar-refractivity contribution is -0.139. The lowest BCUT2D eigenvalue weighted by Gasteiger charge is -2.30. The van der Waals surface area contributed by atoms with E-state index in [1.54, 1.807) is 56.3 Å². The van der Waals surface area contributed by atoms with Gasteiger partial charge in [0.2, 0.25) is 0 Å². The number of nitrogens with one attached hydrogen (secondary N) is 3. The van der Waals surface area contributed by atoms with Crippen LogP contribution in [0.3, 0.4) is 0 Å². The molecule has 0 bridgehead atoms. The minimum atomic E-state index is -0.641. The molecule has 1 aliphatic rings. The zero-order valence-corrected chi connectivity index (χ0v) is 27.6. The molecule has 0 fully saturated rings. The fourth-order valence-electron chi connectivity index (χ4n) is 4.27. The van der Waals surface area contributed by atoms with Gasteiger partial charge in [-0.25, -0.2) is 10.2 Å². The summed E-state index contributed by atoms with van der Waals surface area (Å²) in [5.74, 6) is -0.0816. The number of thiocarbonyl (C=S) groups is 1. The average molecular weight is 741 g/mol. The predicted molar refractivity (Wildman–Crippen MR) is 176 cm³/mol. The number of hydrogen-bond donors (Lipinski definition) is 3. The summed E-state index contributed by atoms with van der Waals surface area (Å²) in [5, 5.41) is 19.5. The number of hydrazone groups is 1. The first-order chi connectivity index (χ1) is 21.2. The van der Waals surface area contributed by atoms with Gasteiger partial charge in [0.05, 0.1) is 40.5 Å². The molecular formula is C31H27Br2N5O5S. The summed E-state index contributed by atoms with van der Waals surface area (Å²) in [4.78, 5) is 25.5. The number of nitriles is 1. The summed E-state index contributed by atoms with van der Waals surface area (Å²) in [5.41, 5.74) is 6.06. The average Bonchev–Trinajstić information content (AvgIpc) is 2.99. The van der Waals surface area contributed by atoms with Crippen LogP contribution in [0.2, 0.25) is 0 Å². The summed E-state index contributed by atoms with van der Waals surface area (Å²) in [6, 6.07) is 19.2. The molecule has 3 aromatic carbocycles. The molecule has 0 spiro atoms. The maximum Gasteiger partial charge on any atom is 0.338 e. The zero-order valence-electron chi connectivity index (χ0n) is 23.6. The van der Waals surface area contributed by atoms with E-state index in [1.807, 2.05) is 18.2 Å². The fourth-order valence-corrected chi connectivity index (χ4v) is 5.91. The van der Waals surface area contributed by atoms with Gasteiger partial charge in [-0.05, 0) is 77.9 Å². The Labute approximate surface area is 276 Å². The highest BCUT2D eigenvalue weighted by atomic mass is 79.9. The van der Waals surface area contributed by atoms with Crippen molar-refractivity contribution in [3.8, 4) is 17.6 Å². The minimum Gasteiger partial charge on any atom is -0.487 e. The number of carbonyl (C=O) groups is 2. The Hall–Kier alpha value is -4.25. The second-order valence-electron chi connectivity index (χ2n) is 9.31. The Balaban J connectivity index is 1.43. The number of benzene rings is 3. The summed E-state index contributed by atoms with van der Waals surface area (Å²) in [7, 11) is 0. The minimum absolute atomic E-state index is 0.216. The number of allylic oxidation sites excluding steroid dienone is 1. The van der Waals surface area contributed by atoms with Crippen LogP contribution in [0.4, 0.5) is 0 Å². The molecule has 10 nitrogen and oxygen atoms in total. The van der Waals surface area contributed by atoms with Crippen molar-refractivity contribution < 1.29 is 23.8 Å². The van der Waals surface area contributed by atoms with Crippen molar-refractivity contribution in [3.63, 3.8) is 0 Å². The summed E-state index contributed by atoms with van der Waals surface area (Å²) < 4.78 is 18.6. The van der Waals surface area contributed by atoms with Crippen LogP contribution in [0.5, 0.6) is 11.5 Å². The SMILES string of the molecule is CCOC(=O)C1=C(C)NC(=S)N[C@@H]1c1ccccc1OCC(=O)NN=Cc1cc(Br)cc(Br)c1OCc1ccc(C#N)cc1. The maximum atomic E-state index is 12.8. The summed E-state index contributed by atoms with van der Waals surface area (Å²) >= 11 is 12.3. The third kappa shape index (κ3) is 8.43. The van der Waals surface area contributed by atoms with E-state index >= 15 is 0 Å². The number of esters is 1. The van der Waals surface area contributed by atoms with Crippen LogP contribution < -0.4 is 25.5 Å². The van der Waals surface area contributed by atoms with E-state index in [9.17, 15) is 9.59 Å². The Morgan fingerprint density at radius 1 is 1.14 bits per heavy atom. The third-order valence-corrected chi connectivity index (χ3v) is 7.52. The van der Waals surface area contributed by atoms with Gasteiger partial charge in [0, 0.05) is 21.3 Å². The van der Waals surface area contributed by atoms with Gasteiger partial charge in [0.15, 0.2) is 11.7 Å². The van der Waals surface area contributed by atoms with Gasteiger partial charge in [-0.15, -0.1) is 0 Å². The van der Waals surface area contributed by atoms with Gasteiger partial charge in [-0.3, -0.25) is 4.79 Å². The van der Waals surface area contributed by atoms with Crippen molar-refractivity contribution in [1.82, 2.24) is 16.1 Å². The monoisotopic (exact) mass is 739 g/mol. The van der Waals surface area contributed by atoms with Crippen LogP contribution >= 0.6 is 44.1 Å². The molecule has 13 heteroatoms. The standard InChI is InChI=1S/C31H27Br2N5O5S/c1-3-41-30(40)27-18(2)36-31(44)37-28(27)23-6-4-5-7-25(23)42-17-26(39)38-35-15-21-12-22(32)13-24(33)29(21)43-16-20-10-8-19(14-34)9-11-20/h4-13,15,28H,3,16-17H2,1-2H3,(H,38,39)(H2,36,37,44)/t28-/m1/s1. The molecule has 1 amide bonds. The molecule has 3 N–H and O–H groups in total. The van der Waals surface area contributed by atoms with Crippen LogP contribution in [-0.4, -0.2) is 36.4 Å². The highest BCUT2D eigenvalue weighted by Crippen LogP contribution is 2.34. The van der Waals surface area contributed by atoms with Crippen LogP contribution in [0, 0.1) is 11.3 Å². The molecule has 0 aliphatic carbocycles. The molecule has 44 heavy (non-hydrogen) atoms. The van der Waals surface area contributed by atoms with Crippen molar-refractivity contribution in [1.29, 1.82) is 5.26 Å². The van der Waals surface area contributed by atoms with Crippen molar-refractivity contribution in [2.45, 2.75) is 26.5 Å². The number of hydrogen-bond acceptors (Lipinski definition) is 8. The molecule has 0 unspecified atom stereocenters. The molecule has 1 aliphatic heterocycles. The molecule has 1 atom stereocenters. The second kappa shape index (κ2) is 15.5. The Bertz CT molecular complexity index is 1670. The zero-order chi connectivity index (χ0) is 31.6. The van der Waals surface area contributed by atoms with Crippen LogP contribution in [-0.2, 0) is 20.9 Å². The quantitative estimate of drug-likeness (QED) is 0.100. The van der Waals surface area contributed by atoms with Gasteiger partial charge in [-0.2, -0.15) is 10.4 Å². The molecule has 0 saturated heterocycles. The van der Waals surface area contributed by atoms with E-state index in [0.29, 0.717) is 49.0 Å². The van der Waals surface area contributed by atoms with Gasteiger partial charge in [-0.1, -0.05) is 46.3 Å². The first kappa shape index (κ1) is 32.7. The van der Waals surface area contributed by atoms with Crippen molar-refractivity contribution >= 4 is 67.3 Å². The second-order valence-corrected chi connectivity index (χ2v) is 11.5. The molecule has 0 radical (unpaired) electrons. The van der Waals surface area contributed by atoms with Gasteiger partial charge >= 0.3 is 5.97 Å². The first-order valence-electron chi connectivity index (χ1n) is 13.3. The summed E-state index contributed by atoms with van der Waals surface area (Å²) in [6.07, 6.45) is 1.47. The molecule has 3 aromatic rings. The third-order valence-electron chi connectivity index (χ3n) is 6.25. The van der Waals surface area contributed by atoms with Crippen LogP contribution in [0.15, 0.2) is 86.0 Å². The largest absolute Gasteiger partial charge is 0.487 e. The molecule has 0 saturated carbocycles. The Kier molecular flexibility index (Phi) is 11.5. The highest BCUT2D eigenvalue weighted by Gasteiger charge is 2.32. The Morgan fingerprint density at radius 3 is 2.61 bits per heavy atom. The normalized spacial score (nSPS) is 14.3. The van der Waals surface area contributed by atoms with Gasteiger partial charge in [0.1, 0.15) is 18.1 Å². The van der Waals surface area contributed by atoms with E-state index in [-0.39, 0.29) is 19.8 Å². The number of halogens is 2. The van der Waals surface area contributed by atoms with E-state index in [2.05, 4.69) is 59.1 Å². The molecule has 1 heterocycles. The number of amides is 1. The lowest BCUT2D eigenvalue weighted by Crippen LogP contribution is -2.45. The van der Waals surface area contributed by atoms with Crippen molar-refractivity contribution in [2.24, 2.45) is 5.10 Å². The maximum absolute atomic E-state index is 12.8. The lowest BCUT2D eigenvalue weighted by atomic mass is 9.95. The van der Waals surface area contributed by atoms with Crippen molar-refractivity contribution in [3.05, 3.63) is 103 Å². The van der Waals surface area contributed by atoms with Gasteiger partial charge in [0.25, 0.3) is 5.91 Å². The van der Waals surface area contributed by atoms with E-state index in [1.165, 1.54) is 6.21 Å². The van der Waals surface area contributed by atoms with Crippen LogP contribution in [0.1, 0.15) is 42.1 Å². The Morgan fingerprint density at radius 2 is 1.89 bits per heavy atom. The molecular weight excluding hydrogens is 714 g/mol. The highest BCUT2D eigenvalue weighted by molar-refractivity contribution is 9.11. The topological polar surface area (TPSA) is 134 Å². The van der Waals surface area contributed by atoms with E-state index < -0.39 is 17.9 Å². The first-order valence-corrected chi connectivity index (χ1v) is 15.3. The van der Waals surface area contributed by atoms with Gasteiger partial charge < -0.3 is 24.8 Å². The smallest absolute Gasteiger partial charge is 0.338 e. The number of rotatable bonds is 11. The molecule has 226 valence electrons. The molecule has 0 aromatic heterocycles. The molecule has 4 rings (SSSR count). The van der Waals surface area contributed by atoms with Crippen molar-refractivity contribution in [2.75, 3.05) is 13.2 Å².